The van der Waals surface area contributed by atoms with Crippen LogP contribution in [0.15, 0.2) is 0 Å². The fourth-order valence-electron chi connectivity index (χ4n) is 0.326. The standard InChI is InChI=1S/C7H14N2O3/c1-7(2,3)6(11)9-12-4-5(8)10/h4H2,1-3H3,(H2,8,10)(H,9,11). The van der Waals surface area contributed by atoms with Gasteiger partial charge in [0.05, 0.1) is 0 Å². The molecule has 0 aromatic rings. The minimum Gasteiger partial charge on any atom is -0.368 e. The minimum atomic E-state index is -0.621. The van der Waals surface area contributed by atoms with Gasteiger partial charge in [-0.2, -0.15) is 0 Å². The van der Waals surface area contributed by atoms with Crippen LogP contribution in [0.4, 0.5) is 0 Å². The molecule has 0 radical (unpaired) electrons. The van der Waals surface area contributed by atoms with E-state index in [1.165, 1.54) is 0 Å². The molecule has 0 aliphatic heterocycles. The summed E-state index contributed by atoms with van der Waals surface area (Å²) in [6, 6.07) is 0. The van der Waals surface area contributed by atoms with Gasteiger partial charge in [-0.3, -0.25) is 14.4 Å². The number of hydrogen-bond donors (Lipinski definition) is 2. The lowest BCUT2D eigenvalue weighted by molar-refractivity contribution is -0.144. The van der Waals surface area contributed by atoms with E-state index in [-0.39, 0.29) is 12.5 Å². The fraction of sp³-hybridized carbons (Fsp3) is 0.714. The van der Waals surface area contributed by atoms with Crippen LogP contribution >= 0.6 is 0 Å². The molecule has 0 aromatic heterocycles. The van der Waals surface area contributed by atoms with E-state index in [0.29, 0.717) is 0 Å². The quantitative estimate of drug-likeness (QED) is 0.569. The molecule has 0 heterocycles. The molecular formula is C7H14N2O3. The van der Waals surface area contributed by atoms with Gasteiger partial charge in [0.2, 0.25) is 11.8 Å². The number of rotatable bonds is 3. The highest BCUT2D eigenvalue weighted by atomic mass is 16.7. The molecule has 0 aromatic carbocycles. The van der Waals surface area contributed by atoms with Gasteiger partial charge in [0.25, 0.3) is 0 Å². The van der Waals surface area contributed by atoms with Gasteiger partial charge in [-0.15, -0.1) is 0 Å². The molecule has 3 N–H and O–H groups in total. The van der Waals surface area contributed by atoms with E-state index < -0.39 is 11.3 Å². The monoisotopic (exact) mass is 174 g/mol. The van der Waals surface area contributed by atoms with Crippen LogP contribution in [0.1, 0.15) is 20.8 Å². The molecule has 0 aliphatic carbocycles. The second kappa shape index (κ2) is 4.06. The Morgan fingerprint density at radius 3 is 2.25 bits per heavy atom. The summed E-state index contributed by atoms with van der Waals surface area (Å²) in [4.78, 5) is 25.7. The van der Waals surface area contributed by atoms with Crippen molar-refractivity contribution in [3.63, 3.8) is 0 Å². The number of primary amides is 1. The zero-order valence-corrected chi connectivity index (χ0v) is 7.51. The maximum Gasteiger partial charge on any atom is 0.248 e. The molecular weight excluding hydrogens is 160 g/mol. The van der Waals surface area contributed by atoms with E-state index in [1.807, 2.05) is 0 Å². The zero-order chi connectivity index (χ0) is 9.78. The average Bonchev–Trinajstić information content (AvgIpc) is 1.84. The second-order valence-corrected chi connectivity index (χ2v) is 3.44. The van der Waals surface area contributed by atoms with Crippen molar-refractivity contribution in [3.8, 4) is 0 Å². The molecule has 0 fully saturated rings. The Hall–Kier alpha value is -1.10. The molecule has 70 valence electrons. The number of nitrogens with one attached hydrogen (secondary N) is 1. The number of carbonyl (C=O) groups excluding carboxylic acids is 2. The van der Waals surface area contributed by atoms with E-state index in [1.54, 1.807) is 20.8 Å². The molecule has 0 aliphatic rings. The maximum absolute atomic E-state index is 11.1. The van der Waals surface area contributed by atoms with Crippen LogP contribution in [0.5, 0.6) is 0 Å². The van der Waals surface area contributed by atoms with Gasteiger partial charge in [-0.05, 0) is 0 Å². The summed E-state index contributed by atoms with van der Waals surface area (Å²) in [5.41, 5.74) is 6.36. The van der Waals surface area contributed by atoms with Gasteiger partial charge in [0.15, 0.2) is 6.61 Å². The minimum absolute atomic E-state index is 0.288. The molecule has 0 saturated carbocycles. The van der Waals surface area contributed by atoms with E-state index in [9.17, 15) is 9.59 Å². The van der Waals surface area contributed by atoms with Gasteiger partial charge in [-0.25, -0.2) is 5.48 Å². The van der Waals surface area contributed by atoms with Crippen LogP contribution in [0.2, 0.25) is 0 Å². The van der Waals surface area contributed by atoms with Crippen molar-refractivity contribution in [1.29, 1.82) is 0 Å². The largest absolute Gasteiger partial charge is 0.368 e. The van der Waals surface area contributed by atoms with Gasteiger partial charge in [-0.1, -0.05) is 20.8 Å². The predicted molar refractivity (Wildman–Crippen MR) is 42.7 cm³/mol. The third-order valence-electron chi connectivity index (χ3n) is 1.06. The fourth-order valence-corrected chi connectivity index (χ4v) is 0.326. The van der Waals surface area contributed by atoms with E-state index in [4.69, 9.17) is 5.73 Å². The van der Waals surface area contributed by atoms with E-state index in [0.717, 1.165) is 0 Å². The van der Waals surface area contributed by atoms with E-state index in [2.05, 4.69) is 10.3 Å². The third-order valence-corrected chi connectivity index (χ3v) is 1.06. The topological polar surface area (TPSA) is 81.4 Å². The first-order chi connectivity index (χ1) is 5.34. The van der Waals surface area contributed by atoms with Gasteiger partial charge < -0.3 is 5.73 Å². The maximum atomic E-state index is 11.1. The Kier molecular flexibility index (Phi) is 3.69. The number of carbonyl (C=O) groups is 2. The highest BCUT2D eigenvalue weighted by Gasteiger charge is 2.21. The zero-order valence-electron chi connectivity index (χ0n) is 7.51. The van der Waals surface area contributed by atoms with E-state index >= 15 is 0 Å². The van der Waals surface area contributed by atoms with Crippen LogP contribution in [0.25, 0.3) is 0 Å². The first-order valence-electron chi connectivity index (χ1n) is 3.54. The summed E-state index contributed by atoms with van der Waals surface area (Å²) in [5, 5.41) is 0. The van der Waals surface area contributed by atoms with Crippen LogP contribution in [0.3, 0.4) is 0 Å². The molecule has 0 rings (SSSR count). The molecule has 0 spiro atoms. The predicted octanol–water partition coefficient (Wildman–Crippen LogP) is -0.434. The Morgan fingerprint density at radius 2 is 1.92 bits per heavy atom. The molecule has 12 heavy (non-hydrogen) atoms. The summed E-state index contributed by atoms with van der Waals surface area (Å²) in [6.45, 7) is 4.89. The highest BCUT2D eigenvalue weighted by Crippen LogP contribution is 2.11. The van der Waals surface area contributed by atoms with Gasteiger partial charge >= 0.3 is 0 Å². The first-order valence-corrected chi connectivity index (χ1v) is 3.54. The van der Waals surface area contributed by atoms with Crippen molar-refractivity contribution >= 4 is 11.8 Å². The lowest BCUT2D eigenvalue weighted by atomic mass is 9.96. The molecule has 0 atom stereocenters. The Balaban J connectivity index is 3.66. The number of nitrogens with two attached hydrogens (primary N) is 1. The molecule has 0 saturated heterocycles. The van der Waals surface area contributed by atoms with Crippen molar-refractivity contribution in [1.82, 2.24) is 5.48 Å². The van der Waals surface area contributed by atoms with Crippen molar-refractivity contribution < 1.29 is 14.4 Å². The normalized spacial score (nSPS) is 10.9. The van der Waals surface area contributed by atoms with Crippen LogP contribution in [-0.2, 0) is 14.4 Å². The number of amides is 2. The molecule has 5 nitrogen and oxygen atoms in total. The number of hydroxylamine groups is 1. The summed E-state index contributed by atoms with van der Waals surface area (Å²) >= 11 is 0. The summed E-state index contributed by atoms with van der Waals surface area (Å²) < 4.78 is 0. The van der Waals surface area contributed by atoms with Crippen molar-refractivity contribution in [2.45, 2.75) is 20.8 Å². The molecule has 0 unspecified atom stereocenters. The van der Waals surface area contributed by atoms with Crippen molar-refractivity contribution in [2.75, 3.05) is 6.61 Å². The van der Waals surface area contributed by atoms with Crippen LogP contribution in [0, 0.1) is 5.41 Å². The lowest BCUT2D eigenvalue weighted by Crippen LogP contribution is -2.36. The molecule has 0 bridgehead atoms. The Bertz CT molecular complexity index is 184. The Labute approximate surface area is 71.2 Å². The average molecular weight is 174 g/mol. The lowest BCUT2D eigenvalue weighted by Gasteiger charge is -2.16. The summed E-state index contributed by atoms with van der Waals surface area (Å²) in [5.74, 6) is -0.909. The highest BCUT2D eigenvalue weighted by molar-refractivity contribution is 5.80. The molecule has 5 heteroatoms. The number of hydrogen-bond acceptors (Lipinski definition) is 3. The van der Waals surface area contributed by atoms with Crippen LogP contribution < -0.4 is 11.2 Å². The van der Waals surface area contributed by atoms with Crippen molar-refractivity contribution in [3.05, 3.63) is 0 Å². The van der Waals surface area contributed by atoms with Gasteiger partial charge in [0.1, 0.15) is 0 Å². The molecule has 2 amide bonds. The SMILES string of the molecule is CC(C)(C)C(=O)NOCC(N)=O. The van der Waals surface area contributed by atoms with Crippen LogP contribution in [-0.4, -0.2) is 18.4 Å². The smallest absolute Gasteiger partial charge is 0.248 e. The van der Waals surface area contributed by atoms with Gasteiger partial charge in [0, 0.05) is 5.41 Å². The van der Waals surface area contributed by atoms with Crippen molar-refractivity contribution in [2.24, 2.45) is 11.1 Å². The third kappa shape index (κ3) is 4.68. The first kappa shape index (κ1) is 10.9. The Morgan fingerprint density at radius 1 is 1.42 bits per heavy atom. The summed E-state index contributed by atoms with van der Waals surface area (Å²) in [6.07, 6.45) is 0. The second-order valence-electron chi connectivity index (χ2n) is 3.44. The summed E-state index contributed by atoms with van der Waals surface area (Å²) in [7, 11) is 0.